The molecule has 1 aromatic heterocycles. The lowest BCUT2D eigenvalue weighted by Gasteiger charge is -1.79. The zero-order chi connectivity index (χ0) is 6.85. The lowest BCUT2D eigenvalue weighted by Crippen LogP contribution is -1.86. The first kappa shape index (κ1) is 8.90. The van der Waals surface area contributed by atoms with Gasteiger partial charge in [-0.25, -0.2) is 0 Å². The molecule has 0 aromatic carbocycles. The second kappa shape index (κ2) is 3.17. The van der Waals surface area contributed by atoms with Crippen LogP contribution in [0.25, 0.3) is 0 Å². The van der Waals surface area contributed by atoms with Crippen LogP contribution in [0, 0.1) is 10.1 Å². The largest absolute Gasteiger partial charge is 0.306 e. The molecule has 0 saturated carbocycles. The van der Waals surface area contributed by atoms with E-state index in [-0.39, 0.29) is 18.1 Å². The summed E-state index contributed by atoms with van der Waals surface area (Å²) >= 11 is 0. The standard InChI is InChI=1S/C4H5N3O2.ClH/c1-6-3-4(2-5-6)7(8)9;/h2-3H,1H3;1H. The number of nitrogens with zero attached hydrogens (tertiary/aromatic N) is 3. The molecular formula is C4H6ClN3O2. The molecule has 0 fully saturated rings. The summed E-state index contributed by atoms with van der Waals surface area (Å²) in [7, 11) is 1.63. The van der Waals surface area contributed by atoms with Gasteiger partial charge in [0.1, 0.15) is 12.4 Å². The van der Waals surface area contributed by atoms with E-state index in [1.54, 1.807) is 7.05 Å². The van der Waals surface area contributed by atoms with Gasteiger partial charge in [-0.2, -0.15) is 5.10 Å². The van der Waals surface area contributed by atoms with Gasteiger partial charge in [0.05, 0.1) is 4.92 Å². The second-order valence-electron chi connectivity index (χ2n) is 1.63. The highest BCUT2D eigenvalue weighted by atomic mass is 35.5. The molecule has 0 radical (unpaired) electrons. The highest BCUT2D eigenvalue weighted by Crippen LogP contribution is 2.05. The lowest BCUT2D eigenvalue weighted by molar-refractivity contribution is -0.384. The average molecular weight is 164 g/mol. The van der Waals surface area contributed by atoms with E-state index in [1.165, 1.54) is 17.1 Å². The molecule has 5 nitrogen and oxygen atoms in total. The van der Waals surface area contributed by atoms with Gasteiger partial charge < -0.3 is 0 Å². The minimum absolute atomic E-state index is 0. The number of halogens is 1. The molecule has 10 heavy (non-hydrogen) atoms. The molecule has 0 saturated heterocycles. The molecule has 0 unspecified atom stereocenters. The number of aryl methyl sites for hydroxylation is 1. The van der Waals surface area contributed by atoms with E-state index in [0.29, 0.717) is 0 Å². The SMILES string of the molecule is Cl.Cn1cc([N+](=O)[O-])cn1. The van der Waals surface area contributed by atoms with Crippen molar-refractivity contribution in [3.8, 4) is 0 Å². The van der Waals surface area contributed by atoms with Crippen LogP contribution in [-0.4, -0.2) is 14.7 Å². The maximum atomic E-state index is 9.97. The van der Waals surface area contributed by atoms with Gasteiger partial charge in [0.2, 0.25) is 0 Å². The molecule has 56 valence electrons. The Morgan fingerprint density at radius 2 is 2.40 bits per heavy atom. The van der Waals surface area contributed by atoms with Gasteiger partial charge in [-0.1, -0.05) is 0 Å². The van der Waals surface area contributed by atoms with Crippen LogP contribution in [0.15, 0.2) is 12.4 Å². The van der Waals surface area contributed by atoms with Crippen molar-refractivity contribution in [1.82, 2.24) is 9.78 Å². The van der Waals surface area contributed by atoms with Crippen molar-refractivity contribution in [1.29, 1.82) is 0 Å². The van der Waals surface area contributed by atoms with Crippen molar-refractivity contribution in [2.75, 3.05) is 0 Å². The highest BCUT2D eigenvalue weighted by Gasteiger charge is 2.05. The molecule has 1 heterocycles. The summed E-state index contributed by atoms with van der Waals surface area (Å²) in [6.45, 7) is 0. The molecular weight excluding hydrogens is 158 g/mol. The monoisotopic (exact) mass is 163 g/mol. The predicted molar refractivity (Wildman–Crippen MR) is 37.1 cm³/mol. The quantitative estimate of drug-likeness (QED) is 0.453. The van der Waals surface area contributed by atoms with Crippen molar-refractivity contribution in [2.24, 2.45) is 7.05 Å². The third-order valence-electron chi connectivity index (χ3n) is 0.902. The molecule has 0 bridgehead atoms. The van der Waals surface area contributed by atoms with E-state index < -0.39 is 4.92 Å². The molecule has 1 rings (SSSR count). The van der Waals surface area contributed by atoms with Gasteiger partial charge >= 0.3 is 5.69 Å². The summed E-state index contributed by atoms with van der Waals surface area (Å²) in [5, 5.41) is 13.6. The molecule has 6 heteroatoms. The Kier molecular flexibility index (Phi) is 2.82. The number of hydrogen-bond donors (Lipinski definition) is 0. The molecule has 0 aliphatic rings. The van der Waals surface area contributed by atoms with Crippen LogP contribution < -0.4 is 0 Å². The fourth-order valence-corrected chi connectivity index (χ4v) is 0.503. The molecule has 0 spiro atoms. The van der Waals surface area contributed by atoms with Crippen LogP contribution in [0.3, 0.4) is 0 Å². The second-order valence-corrected chi connectivity index (χ2v) is 1.63. The van der Waals surface area contributed by atoms with Crippen LogP contribution in [0.1, 0.15) is 0 Å². The lowest BCUT2D eigenvalue weighted by atomic mass is 10.6. The van der Waals surface area contributed by atoms with Crippen LogP contribution in [0.5, 0.6) is 0 Å². The number of nitro groups is 1. The topological polar surface area (TPSA) is 61.0 Å². The Bertz CT molecular complexity index is 234. The Morgan fingerprint density at radius 1 is 1.80 bits per heavy atom. The fourth-order valence-electron chi connectivity index (χ4n) is 0.503. The third kappa shape index (κ3) is 1.70. The van der Waals surface area contributed by atoms with Crippen molar-refractivity contribution in [2.45, 2.75) is 0 Å². The highest BCUT2D eigenvalue weighted by molar-refractivity contribution is 5.85. The number of rotatable bonds is 1. The van der Waals surface area contributed by atoms with Gasteiger partial charge in [-0.3, -0.25) is 14.8 Å². The minimum Gasteiger partial charge on any atom is -0.269 e. The molecule has 1 aromatic rings. The summed E-state index contributed by atoms with van der Waals surface area (Å²) in [5.74, 6) is 0. The van der Waals surface area contributed by atoms with E-state index in [0.717, 1.165) is 0 Å². The van der Waals surface area contributed by atoms with Crippen molar-refractivity contribution < 1.29 is 4.92 Å². The van der Waals surface area contributed by atoms with E-state index in [2.05, 4.69) is 5.10 Å². The van der Waals surface area contributed by atoms with Crippen molar-refractivity contribution in [3.63, 3.8) is 0 Å². The number of hydrogen-bond acceptors (Lipinski definition) is 3. The first-order valence-electron chi connectivity index (χ1n) is 2.33. The summed E-state index contributed by atoms with van der Waals surface area (Å²) < 4.78 is 1.39. The van der Waals surface area contributed by atoms with Crippen LogP contribution >= 0.6 is 12.4 Å². The van der Waals surface area contributed by atoms with Gasteiger partial charge in [0, 0.05) is 7.05 Å². The van der Waals surface area contributed by atoms with Crippen LogP contribution in [-0.2, 0) is 7.05 Å². The molecule has 0 amide bonds. The predicted octanol–water partition coefficient (Wildman–Crippen LogP) is 0.750. The van der Waals surface area contributed by atoms with Crippen molar-refractivity contribution in [3.05, 3.63) is 22.5 Å². The Hall–Kier alpha value is -1.10. The Balaban J connectivity index is 0.000000810. The molecule has 0 N–H and O–H groups in total. The summed E-state index contributed by atoms with van der Waals surface area (Å²) in [4.78, 5) is 9.49. The van der Waals surface area contributed by atoms with E-state index in [4.69, 9.17) is 0 Å². The fraction of sp³-hybridized carbons (Fsp3) is 0.250. The van der Waals surface area contributed by atoms with E-state index >= 15 is 0 Å². The zero-order valence-corrected chi connectivity index (χ0v) is 6.04. The Morgan fingerprint density at radius 3 is 2.60 bits per heavy atom. The van der Waals surface area contributed by atoms with Gasteiger partial charge in [0.25, 0.3) is 0 Å². The Labute approximate surface area is 63.2 Å². The smallest absolute Gasteiger partial charge is 0.269 e. The van der Waals surface area contributed by atoms with E-state index in [9.17, 15) is 10.1 Å². The first-order chi connectivity index (χ1) is 4.20. The maximum absolute atomic E-state index is 9.97. The van der Waals surface area contributed by atoms with Crippen LogP contribution in [0.4, 0.5) is 5.69 Å². The van der Waals surface area contributed by atoms with Gasteiger partial charge in [-0.05, 0) is 0 Å². The third-order valence-corrected chi connectivity index (χ3v) is 0.902. The van der Waals surface area contributed by atoms with Gasteiger partial charge in [-0.15, -0.1) is 12.4 Å². The minimum atomic E-state index is -0.479. The first-order valence-corrected chi connectivity index (χ1v) is 2.33. The van der Waals surface area contributed by atoms with E-state index in [1.807, 2.05) is 0 Å². The molecule has 0 aliphatic carbocycles. The average Bonchev–Trinajstić information content (AvgIpc) is 2.14. The summed E-state index contributed by atoms with van der Waals surface area (Å²) in [5.41, 5.74) is 0.0255. The summed E-state index contributed by atoms with van der Waals surface area (Å²) in [6, 6.07) is 0. The van der Waals surface area contributed by atoms with Crippen molar-refractivity contribution >= 4 is 18.1 Å². The zero-order valence-electron chi connectivity index (χ0n) is 5.22. The normalized spacial score (nSPS) is 8.50. The van der Waals surface area contributed by atoms with Gasteiger partial charge in [0.15, 0.2) is 0 Å². The number of aromatic nitrogens is 2. The summed E-state index contributed by atoms with van der Waals surface area (Å²) in [6.07, 6.45) is 2.56. The van der Waals surface area contributed by atoms with Crippen LogP contribution in [0.2, 0.25) is 0 Å². The maximum Gasteiger partial charge on any atom is 0.306 e. The molecule has 0 atom stereocenters. The molecule has 0 aliphatic heterocycles.